The molecule has 0 unspecified atom stereocenters. The average Bonchev–Trinajstić information content (AvgIpc) is 2.23. The van der Waals surface area contributed by atoms with Crippen LogP contribution in [0.5, 0.6) is 0 Å². The molecule has 0 aromatic heterocycles. The zero-order chi connectivity index (χ0) is 13.0. The summed E-state index contributed by atoms with van der Waals surface area (Å²) in [5, 5.41) is 3.24. The van der Waals surface area contributed by atoms with Crippen LogP contribution in [0.1, 0.15) is 51.4 Å². The SMILES string of the molecule is NC1CC(OC(=O)NC23CC4CC(CC(C4)C2)C3)C1. The molecule has 0 aliphatic heterocycles. The van der Waals surface area contributed by atoms with Crippen molar-refractivity contribution >= 4 is 6.09 Å². The Balaban J connectivity index is 1.38. The van der Waals surface area contributed by atoms with E-state index in [0.717, 1.165) is 30.6 Å². The Morgan fingerprint density at radius 1 is 1.00 bits per heavy atom. The third kappa shape index (κ3) is 2.14. The van der Waals surface area contributed by atoms with Gasteiger partial charge in [0.25, 0.3) is 0 Å². The minimum absolute atomic E-state index is 0.0592. The molecule has 106 valence electrons. The van der Waals surface area contributed by atoms with Crippen LogP contribution in [0.25, 0.3) is 0 Å². The Hall–Kier alpha value is -0.770. The van der Waals surface area contributed by atoms with E-state index in [0.29, 0.717) is 0 Å². The molecule has 0 aromatic rings. The van der Waals surface area contributed by atoms with Gasteiger partial charge in [0.2, 0.25) is 0 Å². The van der Waals surface area contributed by atoms with Crippen LogP contribution in [0, 0.1) is 17.8 Å². The fourth-order valence-corrected chi connectivity index (χ4v) is 5.36. The van der Waals surface area contributed by atoms with Crippen LogP contribution in [0.3, 0.4) is 0 Å². The van der Waals surface area contributed by atoms with E-state index in [1.54, 1.807) is 0 Å². The summed E-state index contributed by atoms with van der Waals surface area (Å²) in [6.45, 7) is 0. The number of ether oxygens (including phenoxy) is 1. The zero-order valence-corrected chi connectivity index (χ0v) is 11.4. The molecule has 1 amide bonds. The molecular weight excluding hydrogens is 240 g/mol. The Labute approximate surface area is 114 Å². The van der Waals surface area contributed by atoms with Gasteiger partial charge in [-0.05, 0) is 69.1 Å². The van der Waals surface area contributed by atoms with E-state index in [4.69, 9.17) is 10.5 Å². The molecule has 5 aliphatic carbocycles. The molecule has 0 atom stereocenters. The van der Waals surface area contributed by atoms with Crippen LogP contribution in [0.4, 0.5) is 4.79 Å². The first-order valence-corrected chi connectivity index (χ1v) is 7.85. The maximum Gasteiger partial charge on any atom is 0.407 e. The summed E-state index contributed by atoms with van der Waals surface area (Å²) < 4.78 is 5.47. The first kappa shape index (κ1) is 12.0. The fraction of sp³-hybridized carbons (Fsp3) is 0.933. The van der Waals surface area contributed by atoms with Crippen molar-refractivity contribution < 1.29 is 9.53 Å². The standard InChI is InChI=1S/C15H24N2O2/c16-12-4-13(5-12)19-14(18)17-15-6-9-1-10(7-15)3-11(2-9)8-15/h9-13H,1-8,16H2,(H,17,18). The van der Waals surface area contributed by atoms with Crippen LogP contribution in [-0.2, 0) is 4.74 Å². The lowest BCUT2D eigenvalue weighted by Gasteiger charge is -2.56. The minimum atomic E-state index is -0.196. The second kappa shape index (κ2) is 4.11. The molecule has 0 aromatic carbocycles. The van der Waals surface area contributed by atoms with E-state index < -0.39 is 0 Å². The molecule has 5 aliphatic rings. The number of carbonyl (C=O) groups is 1. The van der Waals surface area contributed by atoms with Crippen molar-refractivity contribution in [3.8, 4) is 0 Å². The van der Waals surface area contributed by atoms with Crippen molar-refractivity contribution in [3.63, 3.8) is 0 Å². The van der Waals surface area contributed by atoms with Gasteiger partial charge < -0.3 is 15.8 Å². The van der Waals surface area contributed by atoms with Crippen LogP contribution in [0.2, 0.25) is 0 Å². The molecule has 0 radical (unpaired) electrons. The number of hydrogen-bond acceptors (Lipinski definition) is 3. The molecule has 5 saturated carbocycles. The second-order valence-electron chi connectivity index (χ2n) is 7.58. The lowest BCUT2D eigenvalue weighted by atomic mass is 9.53. The van der Waals surface area contributed by atoms with Gasteiger partial charge in [0, 0.05) is 11.6 Å². The zero-order valence-electron chi connectivity index (χ0n) is 11.4. The van der Waals surface area contributed by atoms with Crippen molar-refractivity contribution in [1.29, 1.82) is 0 Å². The van der Waals surface area contributed by atoms with E-state index in [1.807, 2.05) is 0 Å². The summed E-state index contributed by atoms with van der Waals surface area (Å²) in [5.74, 6) is 2.55. The molecule has 5 fully saturated rings. The molecule has 0 saturated heterocycles. The smallest absolute Gasteiger partial charge is 0.407 e. The van der Waals surface area contributed by atoms with Crippen LogP contribution >= 0.6 is 0 Å². The van der Waals surface area contributed by atoms with Gasteiger partial charge in [0.05, 0.1) is 0 Å². The van der Waals surface area contributed by atoms with Crippen molar-refractivity contribution in [3.05, 3.63) is 0 Å². The summed E-state index contributed by atoms with van der Waals surface area (Å²) in [5.41, 5.74) is 5.79. The highest BCUT2D eigenvalue weighted by Gasteiger charge is 2.51. The van der Waals surface area contributed by atoms with Crippen LogP contribution in [0.15, 0.2) is 0 Å². The number of nitrogens with two attached hydrogens (primary N) is 1. The van der Waals surface area contributed by atoms with Gasteiger partial charge in [-0.25, -0.2) is 4.79 Å². The predicted molar refractivity (Wildman–Crippen MR) is 71.5 cm³/mol. The molecule has 4 heteroatoms. The maximum atomic E-state index is 12.1. The maximum absolute atomic E-state index is 12.1. The predicted octanol–water partition coefficient (Wildman–Crippen LogP) is 2.17. The summed E-state index contributed by atoms with van der Waals surface area (Å²) in [4.78, 5) is 12.1. The normalized spacial score (nSPS) is 50.7. The molecule has 19 heavy (non-hydrogen) atoms. The number of nitrogens with one attached hydrogen (secondary N) is 1. The van der Waals surface area contributed by atoms with Gasteiger partial charge in [-0.3, -0.25) is 0 Å². The van der Waals surface area contributed by atoms with Crippen molar-refractivity contribution in [1.82, 2.24) is 5.32 Å². The Morgan fingerprint density at radius 3 is 2.00 bits per heavy atom. The summed E-state index contributed by atoms with van der Waals surface area (Å²) >= 11 is 0. The van der Waals surface area contributed by atoms with Crippen LogP contribution < -0.4 is 11.1 Å². The van der Waals surface area contributed by atoms with Gasteiger partial charge in [-0.1, -0.05) is 0 Å². The highest BCUT2D eigenvalue weighted by Crippen LogP contribution is 2.55. The van der Waals surface area contributed by atoms with Crippen molar-refractivity contribution in [2.75, 3.05) is 0 Å². The molecule has 4 nitrogen and oxygen atoms in total. The minimum Gasteiger partial charge on any atom is -0.446 e. The molecule has 5 rings (SSSR count). The number of hydrogen-bond donors (Lipinski definition) is 2. The third-order valence-electron chi connectivity index (χ3n) is 5.81. The summed E-state index contributed by atoms with van der Waals surface area (Å²) in [7, 11) is 0. The van der Waals surface area contributed by atoms with E-state index in [2.05, 4.69) is 5.32 Å². The lowest BCUT2D eigenvalue weighted by Crippen LogP contribution is -2.60. The second-order valence-corrected chi connectivity index (χ2v) is 7.58. The molecule has 0 heterocycles. The van der Waals surface area contributed by atoms with Gasteiger partial charge >= 0.3 is 6.09 Å². The van der Waals surface area contributed by atoms with Crippen molar-refractivity contribution in [2.45, 2.75) is 69.1 Å². The first-order chi connectivity index (χ1) is 9.10. The molecule has 3 N–H and O–H groups in total. The Bertz CT molecular complexity index is 354. The number of alkyl carbamates (subject to hydrolysis) is 1. The largest absolute Gasteiger partial charge is 0.446 e. The van der Waals surface area contributed by atoms with Crippen LogP contribution in [-0.4, -0.2) is 23.8 Å². The quantitative estimate of drug-likeness (QED) is 0.803. The lowest BCUT2D eigenvalue weighted by molar-refractivity contribution is -0.0271. The molecule has 4 bridgehead atoms. The summed E-state index contributed by atoms with van der Waals surface area (Å²) in [6, 6.07) is 0.234. The number of amides is 1. The highest BCUT2D eigenvalue weighted by atomic mass is 16.6. The van der Waals surface area contributed by atoms with Gasteiger partial charge in [0.1, 0.15) is 6.10 Å². The number of carbonyl (C=O) groups excluding carboxylic acids is 1. The highest BCUT2D eigenvalue weighted by molar-refractivity contribution is 5.68. The van der Waals surface area contributed by atoms with E-state index in [9.17, 15) is 4.79 Å². The average molecular weight is 264 g/mol. The summed E-state index contributed by atoms with van der Waals surface area (Å²) in [6.07, 6.45) is 9.24. The number of rotatable bonds is 2. The first-order valence-electron chi connectivity index (χ1n) is 7.85. The molecule has 0 spiro atoms. The topological polar surface area (TPSA) is 64.3 Å². The van der Waals surface area contributed by atoms with Crippen molar-refractivity contribution in [2.24, 2.45) is 23.5 Å². The van der Waals surface area contributed by atoms with Gasteiger partial charge in [-0.2, -0.15) is 0 Å². The van der Waals surface area contributed by atoms with Gasteiger partial charge in [-0.15, -0.1) is 0 Å². The van der Waals surface area contributed by atoms with E-state index in [-0.39, 0.29) is 23.8 Å². The van der Waals surface area contributed by atoms with Gasteiger partial charge in [0.15, 0.2) is 0 Å². The van der Waals surface area contributed by atoms with E-state index in [1.165, 1.54) is 38.5 Å². The monoisotopic (exact) mass is 264 g/mol. The Morgan fingerprint density at radius 2 is 1.53 bits per heavy atom. The Kier molecular flexibility index (Phi) is 2.60. The fourth-order valence-electron chi connectivity index (χ4n) is 5.36. The van der Waals surface area contributed by atoms with E-state index >= 15 is 0 Å². The molecular formula is C15H24N2O2. The third-order valence-corrected chi connectivity index (χ3v) is 5.81.